The van der Waals surface area contributed by atoms with Gasteiger partial charge in [-0.25, -0.2) is 4.39 Å². The summed E-state index contributed by atoms with van der Waals surface area (Å²) in [4.78, 5) is 39.1. The van der Waals surface area contributed by atoms with Gasteiger partial charge in [0.25, 0.3) is 0 Å². The van der Waals surface area contributed by atoms with Crippen LogP contribution in [0.3, 0.4) is 0 Å². The van der Waals surface area contributed by atoms with Crippen LogP contribution in [-0.2, 0) is 14.4 Å². The second-order valence-corrected chi connectivity index (χ2v) is 6.70. The lowest BCUT2D eigenvalue weighted by Gasteiger charge is -2.32. The highest BCUT2D eigenvalue weighted by molar-refractivity contribution is 5.88. The fraction of sp³-hybridized carbons (Fsp3) is 0.526. The van der Waals surface area contributed by atoms with Crippen LogP contribution in [0.15, 0.2) is 24.3 Å². The Morgan fingerprint density at radius 3 is 2.31 bits per heavy atom. The van der Waals surface area contributed by atoms with Crippen molar-refractivity contribution < 1.29 is 23.9 Å². The van der Waals surface area contributed by atoms with Gasteiger partial charge in [-0.2, -0.15) is 0 Å². The molecule has 1 aliphatic rings. The van der Waals surface area contributed by atoms with Crippen LogP contribution in [0, 0.1) is 11.7 Å². The Labute approximate surface area is 152 Å². The van der Waals surface area contributed by atoms with Gasteiger partial charge < -0.3 is 14.9 Å². The molecule has 1 saturated heterocycles. The topological polar surface area (TPSA) is 77.9 Å². The van der Waals surface area contributed by atoms with Crippen LogP contribution in [-0.4, -0.2) is 59.4 Å². The molecule has 0 spiro atoms. The number of benzene rings is 1. The number of hydrogen-bond acceptors (Lipinski definition) is 3. The number of piperidine rings is 1. The van der Waals surface area contributed by atoms with Gasteiger partial charge in [-0.15, -0.1) is 0 Å². The van der Waals surface area contributed by atoms with Crippen LogP contribution in [0.25, 0.3) is 0 Å². The summed E-state index contributed by atoms with van der Waals surface area (Å²) in [6.07, 6.45) is 1.42. The molecule has 0 bridgehead atoms. The second-order valence-electron chi connectivity index (χ2n) is 6.70. The summed E-state index contributed by atoms with van der Waals surface area (Å²) < 4.78 is 13.1. The van der Waals surface area contributed by atoms with Crippen molar-refractivity contribution >= 4 is 17.8 Å². The van der Waals surface area contributed by atoms with Crippen LogP contribution in [0.5, 0.6) is 0 Å². The van der Waals surface area contributed by atoms with Gasteiger partial charge in [-0.1, -0.05) is 19.1 Å². The highest BCUT2D eigenvalue weighted by Gasteiger charge is 2.29. The van der Waals surface area contributed by atoms with E-state index < -0.39 is 17.8 Å². The Hall–Kier alpha value is -2.44. The molecule has 1 aromatic rings. The number of nitrogens with zero attached hydrogens (tertiary/aromatic N) is 2. The molecule has 6 nitrogen and oxygen atoms in total. The molecule has 1 atom stereocenters. The van der Waals surface area contributed by atoms with Crippen LogP contribution in [0.2, 0.25) is 0 Å². The molecule has 1 unspecified atom stereocenters. The molecule has 1 aromatic carbocycles. The average molecular weight is 364 g/mol. The zero-order valence-electron chi connectivity index (χ0n) is 15.2. The van der Waals surface area contributed by atoms with Gasteiger partial charge in [-0.3, -0.25) is 14.4 Å². The van der Waals surface area contributed by atoms with Crippen molar-refractivity contribution in [3.05, 3.63) is 35.6 Å². The first-order valence-electron chi connectivity index (χ1n) is 8.84. The van der Waals surface area contributed by atoms with Crippen molar-refractivity contribution in [2.24, 2.45) is 5.92 Å². The Morgan fingerprint density at radius 2 is 1.81 bits per heavy atom. The minimum atomic E-state index is -0.825. The van der Waals surface area contributed by atoms with E-state index in [0.717, 1.165) is 5.56 Å². The van der Waals surface area contributed by atoms with E-state index in [9.17, 15) is 18.8 Å². The molecule has 142 valence electrons. The van der Waals surface area contributed by atoms with Crippen molar-refractivity contribution in [2.75, 3.05) is 26.7 Å². The van der Waals surface area contributed by atoms with E-state index in [1.807, 2.05) is 6.92 Å². The van der Waals surface area contributed by atoms with Gasteiger partial charge in [0.1, 0.15) is 5.82 Å². The number of halogens is 1. The zero-order valence-corrected chi connectivity index (χ0v) is 15.2. The van der Waals surface area contributed by atoms with E-state index in [0.29, 0.717) is 32.4 Å². The van der Waals surface area contributed by atoms with Crippen molar-refractivity contribution in [2.45, 2.75) is 32.1 Å². The molecule has 1 fully saturated rings. The van der Waals surface area contributed by atoms with Gasteiger partial charge in [-0.05, 0) is 37.0 Å². The summed E-state index contributed by atoms with van der Waals surface area (Å²) in [5.74, 6) is -2.38. The number of carbonyl (C=O) groups excluding carboxylic acids is 2. The number of hydrogen-bond donors (Lipinski definition) is 1. The first-order chi connectivity index (χ1) is 12.3. The average Bonchev–Trinajstić information content (AvgIpc) is 2.63. The molecule has 26 heavy (non-hydrogen) atoms. The van der Waals surface area contributed by atoms with Crippen molar-refractivity contribution in [3.8, 4) is 0 Å². The molecular formula is C19H25FN2O4. The number of amides is 2. The van der Waals surface area contributed by atoms with E-state index in [4.69, 9.17) is 5.11 Å². The van der Waals surface area contributed by atoms with E-state index in [2.05, 4.69) is 0 Å². The van der Waals surface area contributed by atoms with Gasteiger partial charge in [0.15, 0.2) is 0 Å². The maximum absolute atomic E-state index is 13.1. The molecule has 0 radical (unpaired) electrons. The SMILES string of the molecule is CCC(C(=O)N(C)CC(=O)N1CCC(C(=O)O)CC1)c1ccc(F)cc1. The van der Waals surface area contributed by atoms with Gasteiger partial charge in [0.05, 0.1) is 18.4 Å². The minimum Gasteiger partial charge on any atom is -0.481 e. The van der Waals surface area contributed by atoms with Crippen molar-refractivity contribution in [1.29, 1.82) is 0 Å². The highest BCUT2D eigenvalue weighted by Crippen LogP contribution is 2.22. The third-order valence-corrected chi connectivity index (χ3v) is 4.92. The maximum Gasteiger partial charge on any atom is 0.306 e. The third kappa shape index (κ3) is 4.80. The van der Waals surface area contributed by atoms with Crippen molar-refractivity contribution in [1.82, 2.24) is 9.80 Å². The fourth-order valence-electron chi connectivity index (χ4n) is 3.27. The number of rotatable bonds is 6. The highest BCUT2D eigenvalue weighted by atomic mass is 19.1. The molecule has 2 amide bonds. The predicted octanol–water partition coefficient (Wildman–Crippen LogP) is 2.10. The molecule has 0 aromatic heterocycles. The molecule has 0 aliphatic carbocycles. The van der Waals surface area contributed by atoms with Crippen molar-refractivity contribution in [3.63, 3.8) is 0 Å². The van der Waals surface area contributed by atoms with E-state index >= 15 is 0 Å². The summed E-state index contributed by atoms with van der Waals surface area (Å²) in [6, 6.07) is 5.83. The van der Waals surface area contributed by atoms with Gasteiger partial charge in [0.2, 0.25) is 11.8 Å². The fourth-order valence-corrected chi connectivity index (χ4v) is 3.27. The predicted molar refractivity (Wildman–Crippen MR) is 94.0 cm³/mol. The van der Waals surface area contributed by atoms with Gasteiger partial charge >= 0.3 is 5.97 Å². The third-order valence-electron chi connectivity index (χ3n) is 4.92. The van der Waals surface area contributed by atoms with Gasteiger partial charge in [0, 0.05) is 20.1 Å². The number of likely N-dealkylation sites (N-methyl/N-ethyl adjacent to an activating group) is 1. The Bertz CT molecular complexity index is 654. The Balaban J connectivity index is 1.94. The molecular weight excluding hydrogens is 339 g/mol. The minimum absolute atomic E-state index is 0.0474. The summed E-state index contributed by atoms with van der Waals surface area (Å²) in [7, 11) is 1.58. The number of carboxylic acid groups (broad SMARTS) is 1. The first-order valence-corrected chi connectivity index (χ1v) is 8.84. The monoisotopic (exact) mass is 364 g/mol. The van der Waals surface area contributed by atoms with E-state index in [-0.39, 0.29) is 24.2 Å². The Morgan fingerprint density at radius 1 is 1.23 bits per heavy atom. The Kier molecular flexibility index (Phi) is 6.71. The molecule has 1 N–H and O–H groups in total. The summed E-state index contributed by atoms with van der Waals surface area (Å²) >= 11 is 0. The maximum atomic E-state index is 13.1. The molecule has 0 saturated carbocycles. The van der Waals surface area contributed by atoms with E-state index in [1.165, 1.54) is 17.0 Å². The molecule has 1 aliphatic heterocycles. The largest absolute Gasteiger partial charge is 0.481 e. The first kappa shape index (κ1) is 19.9. The lowest BCUT2D eigenvalue weighted by molar-refractivity contribution is -0.146. The van der Waals surface area contributed by atoms with E-state index in [1.54, 1.807) is 24.1 Å². The summed E-state index contributed by atoms with van der Waals surface area (Å²) in [6.45, 7) is 2.62. The number of carboxylic acids is 1. The molecule has 2 rings (SSSR count). The van der Waals surface area contributed by atoms with Crippen LogP contribution >= 0.6 is 0 Å². The standard InChI is InChI=1S/C19H25FN2O4/c1-3-16(13-4-6-15(20)7-5-13)18(24)21(2)12-17(23)22-10-8-14(9-11-22)19(25)26/h4-7,14,16H,3,8-12H2,1-2H3,(H,25,26). The number of likely N-dealkylation sites (tertiary alicyclic amines) is 1. The molecule has 1 heterocycles. The lowest BCUT2D eigenvalue weighted by atomic mass is 9.95. The second kappa shape index (κ2) is 8.78. The lowest BCUT2D eigenvalue weighted by Crippen LogP contribution is -2.46. The number of carbonyl (C=O) groups is 3. The smallest absolute Gasteiger partial charge is 0.306 e. The summed E-state index contributed by atoms with van der Waals surface area (Å²) in [5, 5.41) is 9.02. The normalized spacial score (nSPS) is 16.2. The summed E-state index contributed by atoms with van der Waals surface area (Å²) in [5.41, 5.74) is 0.723. The zero-order chi connectivity index (χ0) is 19.3. The quantitative estimate of drug-likeness (QED) is 0.839. The van der Waals surface area contributed by atoms with Crippen LogP contribution in [0.4, 0.5) is 4.39 Å². The van der Waals surface area contributed by atoms with Crippen LogP contribution in [0.1, 0.15) is 37.7 Å². The van der Waals surface area contributed by atoms with Crippen LogP contribution < -0.4 is 0 Å². The number of aliphatic carboxylic acids is 1. The molecule has 7 heteroatoms.